The maximum atomic E-state index is 11.6. The van der Waals surface area contributed by atoms with Crippen LogP contribution in [-0.4, -0.2) is 27.9 Å². The molecule has 1 aromatic heterocycles. The molecule has 0 fully saturated rings. The van der Waals surface area contributed by atoms with Crippen LogP contribution >= 0.6 is 0 Å². The van der Waals surface area contributed by atoms with Gasteiger partial charge in [0.2, 0.25) is 0 Å². The fraction of sp³-hybridized carbons (Fsp3) is 0.474. The van der Waals surface area contributed by atoms with Crippen molar-refractivity contribution in [2.24, 2.45) is 0 Å². The Balaban J connectivity index is 2.19. The zero-order valence-corrected chi connectivity index (χ0v) is 14.8. The van der Waals surface area contributed by atoms with Gasteiger partial charge in [0, 0.05) is 33.3 Å². The predicted molar refractivity (Wildman–Crippen MR) is 90.3 cm³/mol. The zero-order chi connectivity index (χ0) is 17.9. The van der Waals surface area contributed by atoms with Crippen LogP contribution in [0.15, 0.2) is 24.4 Å². The molecular formula is C19H24NO4+. The van der Waals surface area contributed by atoms with Crippen molar-refractivity contribution in [1.29, 1.82) is 0 Å². The summed E-state index contributed by atoms with van der Waals surface area (Å²) in [5, 5.41) is 21.7. The number of benzene rings is 1. The topological polar surface area (TPSA) is 70.6 Å². The largest absolute Gasteiger partial charge is 0.486 e. The van der Waals surface area contributed by atoms with Gasteiger partial charge in [-0.3, -0.25) is 0 Å². The first-order chi connectivity index (χ1) is 11.0. The standard InChI is InChI=1S/C19H23NO4/c1-11-8-12-6-7-13-9-15(19(4,5)23)24-16(13)14(12)10-20(11)18(2,3)17(21)22/h6-8,10,15,23H,9H2,1-5H3/p+1. The first kappa shape index (κ1) is 16.7. The van der Waals surface area contributed by atoms with Gasteiger partial charge in [0.25, 0.3) is 5.54 Å². The molecule has 1 aliphatic rings. The van der Waals surface area contributed by atoms with Gasteiger partial charge in [-0.2, -0.15) is 4.57 Å². The van der Waals surface area contributed by atoms with Gasteiger partial charge in [-0.25, -0.2) is 4.79 Å². The van der Waals surface area contributed by atoms with Crippen molar-refractivity contribution in [3.05, 3.63) is 35.7 Å². The van der Waals surface area contributed by atoms with E-state index >= 15 is 0 Å². The monoisotopic (exact) mass is 330 g/mol. The Kier molecular flexibility index (Phi) is 3.61. The van der Waals surface area contributed by atoms with Gasteiger partial charge in [-0.1, -0.05) is 12.1 Å². The number of nitrogens with zero attached hydrogens (tertiary/aromatic N) is 1. The van der Waals surface area contributed by atoms with Crippen molar-refractivity contribution in [3.63, 3.8) is 0 Å². The minimum atomic E-state index is -1.06. The molecular weight excluding hydrogens is 306 g/mol. The summed E-state index contributed by atoms with van der Waals surface area (Å²) < 4.78 is 7.80. The second kappa shape index (κ2) is 5.18. The Morgan fingerprint density at radius 1 is 1.29 bits per heavy atom. The summed E-state index contributed by atoms with van der Waals surface area (Å²) in [6.07, 6.45) is 2.19. The normalized spacial score (nSPS) is 17.7. The molecule has 1 aromatic carbocycles. The lowest BCUT2D eigenvalue weighted by Gasteiger charge is -2.24. The molecule has 0 bridgehead atoms. The van der Waals surface area contributed by atoms with Gasteiger partial charge in [0.1, 0.15) is 11.9 Å². The number of carbonyl (C=O) groups is 1. The van der Waals surface area contributed by atoms with Crippen LogP contribution in [0.25, 0.3) is 10.8 Å². The number of rotatable bonds is 3. The lowest BCUT2D eigenvalue weighted by atomic mass is 9.96. The number of aromatic nitrogens is 1. The highest BCUT2D eigenvalue weighted by atomic mass is 16.5. The fourth-order valence-corrected chi connectivity index (χ4v) is 3.23. The highest BCUT2D eigenvalue weighted by Gasteiger charge is 2.40. The van der Waals surface area contributed by atoms with Crippen molar-refractivity contribution in [2.45, 2.75) is 58.3 Å². The first-order valence-electron chi connectivity index (χ1n) is 8.12. The molecule has 5 heteroatoms. The molecule has 3 rings (SSSR count). The van der Waals surface area contributed by atoms with Gasteiger partial charge in [-0.05, 0) is 24.8 Å². The lowest BCUT2D eigenvalue weighted by Crippen LogP contribution is -2.58. The van der Waals surface area contributed by atoms with Crippen molar-refractivity contribution < 1.29 is 24.3 Å². The van der Waals surface area contributed by atoms with Crippen LogP contribution in [-0.2, 0) is 16.8 Å². The van der Waals surface area contributed by atoms with Gasteiger partial charge in [0.15, 0.2) is 11.9 Å². The number of hydrogen-bond donors (Lipinski definition) is 2. The smallest absolute Gasteiger partial charge is 0.376 e. The number of hydrogen-bond acceptors (Lipinski definition) is 3. The quantitative estimate of drug-likeness (QED) is 0.848. The molecule has 0 aliphatic carbocycles. The zero-order valence-electron chi connectivity index (χ0n) is 14.8. The van der Waals surface area contributed by atoms with E-state index in [1.165, 1.54) is 0 Å². The molecule has 2 heterocycles. The van der Waals surface area contributed by atoms with Crippen LogP contribution in [0.4, 0.5) is 0 Å². The second-order valence-electron chi connectivity index (χ2n) is 7.67. The number of carboxylic acids is 1. The van der Waals surface area contributed by atoms with Crippen molar-refractivity contribution >= 4 is 16.7 Å². The van der Waals surface area contributed by atoms with Crippen LogP contribution in [0.3, 0.4) is 0 Å². The van der Waals surface area contributed by atoms with E-state index in [2.05, 4.69) is 0 Å². The molecule has 24 heavy (non-hydrogen) atoms. The summed E-state index contributed by atoms with van der Waals surface area (Å²) in [7, 11) is 0. The summed E-state index contributed by atoms with van der Waals surface area (Å²) in [5.74, 6) is -0.146. The van der Waals surface area contributed by atoms with E-state index in [1.54, 1.807) is 32.3 Å². The molecule has 2 aromatic rings. The van der Waals surface area contributed by atoms with Crippen molar-refractivity contribution in [1.82, 2.24) is 0 Å². The van der Waals surface area contributed by atoms with Gasteiger partial charge < -0.3 is 14.9 Å². The molecule has 0 saturated heterocycles. The molecule has 1 atom stereocenters. The van der Waals surface area contributed by atoms with Crippen LogP contribution in [0.5, 0.6) is 5.75 Å². The Morgan fingerprint density at radius 2 is 1.96 bits per heavy atom. The molecule has 5 nitrogen and oxygen atoms in total. The van der Waals surface area contributed by atoms with Crippen LogP contribution < -0.4 is 9.30 Å². The third-order valence-electron chi connectivity index (χ3n) is 4.89. The molecule has 1 unspecified atom stereocenters. The molecule has 0 spiro atoms. The number of fused-ring (bicyclic) bond motifs is 3. The van der Waals surface area contributed by atoms with E-state index < -0.39 is 17.1 Å². The minimum Gasteiger partial charge on any atom is -0.486 e. The Morgan fingerprint density at radius 3 is 2.54 bits per heavy atom. The third kappa shape index (κ3) is 2.53. The van der Waals surface area contributed by atoms with Crippen molar-refractivity contribution in [3.8, 4) is 5.75 Å². The van der Waals surface area contributed by atoms with E-state index in [1.807, 2.05) is 31.3 Å². The predicted octanol–water partition coefficient (Wildman–Crippen LogP) is 2.33. The van der Waals surface area contributed by atoms with E-state index in [4.69, 9.17) is 4.74 Å². The molecule has 1 aliphatic heterocycles. The number of carboxylic acid groups (broad SMARTS) is 1. The maximum Gasteiger partial charge on any atom is 0.376 e. The Hall–Kier alpha value is -2.14. The SMILES string of the molecule is Cc1cc2ccc3c(c2c[n+]1C(C)(C)C(=O)O)OC(C(C)(C)O)C3. The van der Waals surface area contributed by atoms with Crippen LogP contribution in [0.2, 0.25) is 0 Å². The van der Waals surface area contributed by atoms with Gasteiger partial charge in [-0.15, -0.1) is 0 Å². The third-order valence-corrected chi connectivity index (χ3v) is 4.89. The Labute approximate surface area is 141 Å². The first-order valence-corrected chi connectivity index (χ1v) is 8.12. The van der Waals surface area contributed by atoms with Crippen molar-refractivity contribution in [2.75, 3.05) is 0 Å². The van der Waals surface area contributed by atoms with E-state index in [9.17, 15) is 15.0 Å². The van der Waals surface area contributed by atoms with Crippen LogP contribution in [0, 0.1) is 6.92 Å². The average Bonchev–Trinajstić information content (AvgIpc) is 2.90. The lowest BCUT2D eigenvalue weighted by molar-refractivity contribution is -0.747. The van der Waals surface area contributed by atoms with E-state index in [-0.39, 0.29) is 6.10 Å². The molecule has 0 amide bonds. The molecule has 128 valence electrons. The van der Waals surface area contributed by atoms with Gasteiger partial charge in [0.05, 0.1) is 11.0 Å². The maximum absolute atomic E-state index is 11.6. The van der Waals surface area contributed by atoms with E-state index in [0.29, 0.717) is 6.42 Å². The Bertz CT molecular complexity index is 833. The summed E-state index contributed by atoms with van der Waals surface area (Å²) in [6, 6.07) is 6.02. The summed E-state index contributed by atoms with van der Waals surface area (Å²) in [4.78, 5) is 11.6. The second-order valence-corrected chi connectivity index (χ2v) is 7.67. The number of ether oxygens (including phenoxy) is 1. The summed E-state index contributed by atoms with van der Waals surface area (Å²) in [5.41, 5.74) is -0.0910. The highest BCUT2D eigenvalue weighted by molar-refractivity contribution is 5.89. The van der Waals surface area contributed by atoms with Gasteiger partial charge >= 0.3 is 5.97 Å². The van der Waals surface area contributed by atoms with E-state index in [0.717, 1.165) is 27.8 Å². The molecule has 0 saturated carbocycles. The van der Waals surface area contributed by atoms with Crippen LogP contribution in [0.1, 0.15) is 39.0 Å². The number of aliphatic carboxylic acids is 1. The molecule has 0 radical (unpaired) electrons. The summed E-state index contributed by atoms with van der Waals surface area (Å²) in [6.45, 7) is 8.74. The number of aryl methyl sites for hydroxylation is 1. The number of aliphatic hydroxyl groups is 1. The fourth-order valence-electron chi connectivity index (χ4n) is 3.23. The average molecular weight is 330 g/mol. The highest BCUT2D eigenvalue weighted by Crippen LogP contribution is 2.38. The number of pyridine rings is 1. The minimum absolute atomic E-state index is 0.305. The molecule has 2 N–H and O–H groups in total. The summed E-state index contributed by atoms with van der Waals surface area (Å²) >= 11 is 0.